The zero-order chi connectivity index (χ0) is 22.7. The van der Waals surface area contributed by atoms with Gasteiger partial charge >= 0.3 is 5.63 Å². The maximum Gasteiger partial charge on any atom is 0.336 e. The molecule has 2 aromatic carbocycles. The van der Waals surface area contributed by atoms with Gasteiger partial charge in [-0.05, 0) is 72.6 Å². The third-order valence-electron chi connectivity index (χ3n) is 6.07. The summed E-state index contributed by atoms with van der Waals surface area (Å²) in [6.07, 6.45) is 6.85. The Labute approximate surface area is 188 Å². The van der Waals surface area contributed by atoms with Gasteiger partial charge in [-0.15, -0.1) is 0 Å². The van der Waals surface area contributed by atoms with E-state index in [0.29, 0.717) is 30.4 Å². The Morgan fingerprint density at radius 2 is 1.94 bits per heavy atom. The molecule has 3 aromatic rings. The van der Waals surface area contributed by atoms with Crippen LogP contribution in [0.2, 0.25) is 0 Å². The zero-order valence-corrected chi connectivity index (χ0v) is 18.9. The van der Waals surface area contributed by atoms with Gasteiger partial charge in [-0.3, -0.25) is 4.79 Å². The Bertz CT molecular complexity index is 1220. The van der Waals surface area contributed by atoms with Crippen LogP contribution in [0, 0.1) is 12.8 Å². The highest BCUT2D eigenvalue weighted by molar-refractivity contribution is 5.94. The van der Waals surface area contributed by atoms with Crippen molar-refractivity contribution in [1.29, 1.82) is 0 Å². The summed E-state index contributed by atoms with van der Waals surface area (Å²) in [7, 11) is 0. The molecule has 1 aliphatic carbocycles. The number of hydrogen-bond donors (Lipinski definition) is 2. The lowest BCUT2D eigenvalue weighted by Crippen LogP contribution is -2.16. The Hall–Kier alpha value is -3.34. The van der Waals surface area contributed by atoms with Gasteiger partial charge in [0.1, 0.15) is 5.58 Å². The molecule has 0 saturated heterocycles. The largest absolute Gasteiger partial charge is 0.423 e. The Kier molecular flexibility index (Phi) is 6.45. The normalized spacial score (nSPS) is 15.4. The molecule has 0 bridgehead atoms. The molecule has 5 nitrogen and oxygen atoms in total. The van der Waals surface area contributed by atoms with Crippen LogP contribution in [-0.4, -0.2) is 5.91 Å². The summed E-state index contributed by atoms with van der Waals surface area (Å²) in [5.74, 6) is 0.708. The number of carbonyl (C=O) groups is 1. The number of benzene rings is 2. The molecule has 1 aliphatic rings. The molecule has 0 aliphatic heterocycles. The number of carbonyl (C=O) groups excluding carboxylic acids is 1. The lowest BCUT2D eigenvalue weighted by atomic mass is 9.95. The summed E-state index contributed by atoms with van der Waals surface area (Å²) in [5, 5.41) is 7.37. The van der Waals surface area contributed by atoms with Gasteiger partial charge in [0.2, 0.25) is 5.91 Å². The maximum atomic E-state index is 12.5. The van der Waals surface area contributed by atoms with Crippen molar-refractivity contribution in [2.45, 2.75) is 52.5 Å². The second-order valence-electron chi connectivity index (χ2n) is 8.87. The van der Waals surface area contributed by atoms with Gasteiger partial charge in [0, 0.05) is 24.4 Å². The Morgan fingerprint density at radius 1 is 1.16 bits per heavy atom. The van der Waals surface area contributed by atoms with E-state index < -0.39 is 0 Å². The molecule has 1 amide bonds. The van der Waals surface area contributed by atoms with E-state index in [2.05, 4.69) is 42.7 Å². The van der Waals surface area contributed by atoms with Gasteiger partial charge < -0.3 is 15.1 Å². The number of aryl methyl sites for hydroxylation is 1. The van der Waals surface area contributed by atoms with Crippen LogP contribution in [0.25, 0.3) is 11.0 Å². The van der Waals surface area contributed by atoms with Gasteiger partial charge in [0.25, 0.3) is 0 Å². The van der Waals surface area contributed by atoms with Gasteiger partial charge in [-0.2, -0.15) is 0 Å². The molecule has 0 fully saturated rings. The fraction of sp³-hybridized carbons (Fsp3) is 0.333. The predicted molar refractivity (Wildman–Crippen MR) is 130 cm³/mol. The van der Waals surface area contributed by atoms with Crippen LogP contribution in [0.4, 0.5) is 11.4 Å². The third kappa shape index (κ3) is 4.93. The topological polar surface area (TPSA) is 71.3 Å². The average molecular weight is 431 g/mol. The highest BCUT2D eigenvalue weighted by Gasteiger charge is 2.16. The molecule has 166 valence electrons. The summed E-state index contributed by atoms with van der Waals surface area (Å²) < 4.78 is 5.46. The number of anilines is 2. The molecule has 1 aromatic heterocycles. The molecule has 5 heteroatoms. The number of hydrogen-bond acceptors (Lipinski definition) is 4. The summed E-state index contributed by atoms with van der Waals surface area (Å²) >= 11 is 0. The highest BCUT2D eigenvalue weighted by atomic mass is 16.4. The van der Waals surface area contributed by atoms with E-state index in [1.165, 1.54) is 5.56 Å². The number of nitrogens with one attached hydrogen (secondary N) is 2. The minimum absolute atomic E-state index is 0.0126. The van der Waals surface area contributed by atoms with Crippen molar-refractivity contribution < 1.29 is 9.21 Å². The van der Waals surface area contributed by atoms with Crippen molar-refractivity contribution in [1.82, 2.24) is 0 Å². The van der Waals surface area contributed by atoms with E-state index in [0.717, 1.165) is 40.7 Å². The van der Waals surface area contributed by atoms with Gasteiger partial charge in [0.15, 0.2) is 0 Å². The van der Waals surface area contributed by atoms with Crippen LogP contribution in [0.5, 0.6) is 0 Å². The number of para-hydroxylation sites is 2. The molecule has 1 heterocycles. The molecule has 32 heavy (non-hydrogen) atoms. The second-order valence-corrected chi connectivity index (χ2v) is 8.87. The fourth-order valence-corrected chi connectivity index (χ4v) is 4.40. The molecule has 1 atom stereocenters. The van der Waals surface area contributed by atoms with Crippen LogP contribution < -0.4 is 16.3 Å². The third-order valence-corrected chi connectivity index (χ3v) is 6.07. The molecule has 0 radical (unpaired) electrons. The van der Waals surface area contributed by atoms with Crippen molar-refractivity contribution in [2.24, 2.45) is 5.92 Å². The molecular weight excluding hydrogens is 400 g/mol. The van der Waals surface area contributed by atoms with Crippen LogP contribution in [0.1, 0.15) is 55.7 Å². The predicted octanol–water partition coefficient (Wildman–Crippen LogP) is 6.13. The Morgan fingerprint density at radius 3 is 2.66 bits per heavy atom. The van der Waals surface area contributed by atoms with Crippen molar-refractivity contribution in [3.05, 3.63) is 81.7 Å². The smallest absolute Gasteiger partial charge is 0.336 e. The van der Waals surface area contributed by atoms with Gasteiger partial charge in [-0.1, -0.05) is 38.1 Å². The number of allylic oxidation sites excluding steroid dienone is 2. The van der Waals surface area contributed by atoms with Crippen molar-refractivity contribution in [2.75, 3.05) is 10.6 Å². The molecule has 0 spiro atoms. The lowest BCUT2D eigenvalue weighted by molar-refractivity contribution is -0.116. The van der Waals surface area contributed by atoms with Crippen molar-refractivity contribution in [3.8, 4) is 0 Å². The summed E-state index contributed by atoms with van der Waals surface area (Å²) in [6.45, 7) is 6.80. The monoisotopic (exact) mass is 430 g/mol. The number of amides is 1. The zero-order valence-electron chi connectivity index (χ0n) is 18.9. The molecule has 1 unspecified atom stereocenters. The minimum Gasteiger partial charge on any atom is -0.423 e. The average Bonchev–Trinajstić information content (AvgIpc) is 3.25. The minimum atomic E-state index is -0.364. The van der Waals surface area contributed by atoms with Crippen molar-refractivity contribution in [3.63, 3.8) is 0 Å². The molecule has 2 N–H and O–H groups in total. The van der Waals surface area contributed by atoms with Gasteiger partial charge in [-0.25, -0.2) is 4.79 Å². The SMILES string of the molecule is Cc1cc2oc(=O)cc(CNc3ccccc3NC(=O)CC3C=CCC3)c2cc1C(C)C. The first-order valence-corrected chi connectivity index (χ1v) is 11.3. The molecule has 4 rings (SSSR count). The van der Waals surface area contributed by atoms with E-state index >= 15 is 0 Å². The first-order valence-electron chi connectivity index (χ1n) is 11.3. The molecule has 0 saturated carbocycles. The summed E-state index contributed by atoms with van der Waals surface area (Å²) in [5.41, 5.74) is 5.02. The first kappa shape index (κ1) is 21.9. The standard InChI is InChI=1S/C27H30N2O3/c1-17(2)21-15-22-20(14-27(31)32-25(22)12-18(21)3)16-28-23-10-6-7-11-24(23)29-26(30)13-19-8-4-5-9-19/h4,6-8,10-12,14-15,17,19,28H,5,9,13,16H2,1-3H3,(H,29,30). The van der Waals surface area contributed by atoms with Crippen molar-refractivity contribution >= 4 is 28.3 Å². The summed E-state index contributed by atoms with van der Waals surface area (Å²) in [4.78, 5) is 24.7. The molecular formula is C27H30N2O3. The van der Waals surface area contributed by atoms with E-state index in [4.69, 9.17) is 4.42 Å². The first-order chi connectivity index (χ1) is 15.4. The van der Waals surface area contributed by atoms with Crippen LogP contribution in [0.15, 0.2) is 63.8 Å². The lowest BCUT2D eigenvalue weighted by Gasteiger charge is -2.16. The summed E-state index contributed by atoms with van der Waals surface area (Å²) in [6, 6.07) is 13.3. The van der Waals surface area contributed by atoms with Crippen LogP contribution >= 0.6 is 0 Å². The maximum absolute atomic E-state index is 12.5. The van der Waals surface area contributed by atoms with Gasteiger partial charge in [0.05, 0.1) is 11.4 Å². The fourth-order valence-electron chi connectivity index (χ4n) is 4.40. The van der Waals surface area contributed by atoms with E-state index in [9.17, 15) is 9.59 Å². The van der Waals surface area contributed by atoms with E-state index in [-0.39, 0.29) is 11.5 Å². The van der Waals surface area contributed by atoms with E-state index in [1.54, 1.807) is 6.07 Å². The number of rotatable bonds is 7. The van der Waals surface area contributed by atoms with Crippen LogP contribution in [-0.2, 0) is 11.3 Å². The Balaban J connectivity index is 1.56. The second kappa shape index (κ2) is 9.43. The quantitative estimate of drug-likeness (QED) is 0.349. The van der Waals surface area contributed by atoms with E-state index in [1.807, 2.05) is 37.3 Å². The highest BCUT2D eigenvalue weighted by Crippen LogP contribution is 2.29. The number of fused-ring (bicyclic) bond motifs is 1. The van der Waals surface area contributed by atoms with Crippen LogP contribution in [0.3, 0.4) is 0 Å².